The van der Waals surface area contributed by atoms with Crippen LogP contribution < -0.4 is 5.32 Å². The van der Waals surface area contributed by atoms with Gasteiger partial charge in [-0.1, -0.05) is 0 Å². The minimum absolute atomic E-state index is 0.598. The molecule has 0 aromatic rings. The van der Waals surface area contributed by atoms with Crippen LogP contribution in [0.2, 0.25) is 0 Å². The normalized spacial score (nSPS) is 55.1. The van der Waals surface area contributed by atoms with Crippen molar-refractivity contribution >= 4 is 0 Å². The number of ether oxygens (including phenoxy) is 17. The fourth-order valence-corrected chi connectivity index (χ4v) is 13.3. The largest absolute Gasteiger partial charge is 0.394 e. The van der Waals surface area contributed by atoms with Gasteiger partial charge in [0.1, 0.15) is 220 Å². The molecule has 23 saturated heterocycles. The molecule has 0 spiro atoms. The molecule has 23 rings (SSSR count). The number of hydrogen-bond acceptors (Lipinski definition) is 45. The van der Waals surface area contributed by atoms with Gasteiger partial charge in [0.05, 0.1) is 46.2 Å². The molecule has 45 heteroatoms. The molecule has 23 aliphatic rings. The highest BCUT2D eigenvalue weighted by Gasteiger charge is 2.60. The fourth-order valence-electron chi connectivity index (χ4n) is 13.3. The number of aliphatic hydroxyl groups is 27. The summed E-state index contributed by atoms with van der Waals surface area (Å²) in [4.78, 5) is 0. The van der Waals surface area contributed by atoms with E-state index in [4.69, 9.17) is 80.5 Å². The molecule has 0 amide bonds. The molecule has 0 aliphatic carbocycles. The van der Waals surface area contributed by atoms with Gasteiger partial charge in [-0.2, -0.15) is 0 Å². The number of nitrogens with one attached hydrogen (secondary N) is 1. The van der Waals surface area contributed by atoms with E-state index < -0.39 is 336 Å². The Hall–Kier alpha value is -1.80. The van der Waals surface area contributed by atoms with Crippen LogP contribution in [0.1, 0.15) is 0 Å². The van der Waals surface area contributed by atoms with E-state index in [1.165, 1.54) is 0 Å². The van der Waals surface area contributed by atoms with Gasteiger partial charge in [-0.25, -0.2) is 0 Å². The second kappa shape index (κ2) is 34.0. The van der Waals surface area contributed by atoms with Gasteiger partial charge in [0.2, 0.25) is 0 Å². The van der Waals surface area contributed by atoms with E-state index in [-0.39, 0.29) is 0 Å². The molecule has 45 atom stereocenters. The first-order chi connectivity index (χ1) is 47.0. The molecule has 28 N–H and O–H groups in total. The lowest BCUT2D eigenvalue weighted by Gasteiger charge is -2.50. The maximum Gasteiger partial charge on any atom is 0.187 e. The monoisotopic (exact) mass is 1460 g/mol. The van der Waals surface area contributed by atoms with Crippen molar-refractivity contribution in [2.24, 2.45) is 0 Å². The fraction of sp³-hybridized carbons (Fsp3) is 1.00. The summed E-state index contributed by atoms with van der Waals surface area (Å²) >= 11 is 0. The predicted molar refractivity (Wildman–Crippen MR) is 296 cm³/mol. The highest BCUT2D eigenvalue weighted by Crippen LogP contribution is 2.40. The highest BCUT2D eigenvalue weighted by molar-refractivity contribution is 5.03. The zero-order valence-corrected chi connectivity index (χ0v) is 51.9. The standard InChI is InChI=1S/C54H91NO44/c56-3-12-40-25(68)34(77)50(88-12)96-42-14(5-58)90-52(36(79)27(42)70)98-44-16(7-60)92-54(38(81)29(44)72)99-45-17(8-61)91-53(37(80)28(45)71)97-43-15(6-59)89-51(35(78)26(43)69)95-41-13(4-57)87-49(33(76)24(41)67)93-39-11(86-48(94-40)32(75)23(39)66)2-55-1-10-19(62)22(65)31(74)47(85-10)83-9-18-20(63)21(64)30(73)46(82)84-18/h10-82H,1-9H2/t10-,11-,12-,13-,14-,15-,16-,17-,18-,19+,20-,21+,22+,23-,24-,25-,26-,27-,28-,29-,30-,31-,32-,33-,34+,35-,36+,37-,38-,39-,40-,41-,42-,43-,44-,45-,46?,47+,48-,49-,50-,51-,52-,53-,54-/m1/s1. The predicted octanol–water partition coefficient (Wildman–Crippen LogP) is -20.0. The van der Waals surface area contributed by atoms with E-state index in [0.29, 0.717) is 0 Å². The molecule has 23 fully saturated rings. The zero-order chi connectivity index (χ0) is 72.1. The average molecular weight is 1460 g/mol. The molecule has 0 radical (unpaired) electrons. The molecule has 576 valence electrons. The molecule has 23 heterocycles. The van der Waals surface area contributed by atoms with Crippen LogP contribution in [0.4, 0.5) is 0 Å². The second-order valence-electron chi connectivity index (χ2n) is 25.5. The molecule has 0 aromatic heterocycles. The molecular weight excluding hydrogens is 1370 g/mol. The maximum absolute atomic E-state index is 12.0. The van der Waals surface area contributed by atoms with Crippen molar-refractivity contribution in [1.29, 1.82) is 0 Å². The molecule has 1 unspecified atom stereocenters. The summed E-state index contributed by atoms with van der Waals surface area (Å²) in [6.07, 6.45) is -92.3. The third kappa shape index (κ3) is 16.2. The zero-order valence-electron chi connectivity index (χ0n) is 51.9. The van der Waals surface area contributed by atoms with E-state index in [2.05, 4.69) is 5.32 Å². The Balaban J connectivity index is 0.923. The highest BCUT2D eigenvalue weighted by atomic mass is 16.8. The Kier molecular flexibility index (Phi) is 27.4. The van der Waals surface area contributed by atoms with Gasteiger partial charge in [-0.05, 0) is 0 Å². The molecule has 0 saturated carbocycles. The van der Waals surface area contributed by atoms with Crippen molar-refractivity contribution in [1.82, 2.24) is 5.32 Å². The summed E-state index contributed by atoms with van der Waals surface area (Å²) < 4.78 is 97.5. The third-order valence-corrected chi connectivity index (χ3v) is 19.1. The van der Waals surface area contributed by atoms with Crippen LogP contribution in [0, 0.1) is 0 Å². The summed E-state index contributed by atoms with van der Waals surface area (Å²) in [5.74, 6) is 0. The van der Waals surface area contributed by atoms with Gasteiger partial charge in [0.25, 0.3) is 0 Å². The molecule has 99 heavy (non-hydrogen) atoms. The van der Waals surface area contributed by atoms with Crippen molar-refractivity contribution in [3.63, 3.8) is 0 Å². The lowest BCUT2D eigenvalue weighted by molar-refractivity contribution is -0.396. The maximum atomic E-state index is 12.0. The topological polar surface area (TPSA) is 715 Å². The van der Waals surface area contributed by atoms with Gasteiger partial charge >= 0.3 is 0 Å². The number of hydrogen-bond donors (Lipinski definition) is 28. The van der Waals surface area contributed by atoms with Crippen molar-refractivity contribution in [3.8, 4) is 0 Å². The van der Waals surface area contributed by atoms with Crippen LogP contribution in [0.25, 0.3) is 0 Å². The van der Waals surface area contributed by atoms with Crippen LogP contribution in [0.3, 0.4) is 0 Å². The van der Waals surface area contributed by atoms with Crippen LogP contribution in [-0.2, 0) is 80.5 Å². The first-order valence-corrected chi connectivity index (χ1v) is 31.8. The lowest BCUT2D eigenvalue weighted by Crippen LogP contribution is -2.68. The summed E-state index contributed by atoms with van der Waals surface area (Å²) in [7, 11) is 0. The van der Waals surface area contributed by atoms with Crippen molar-refractivity contribution in [3.05, 3.63) is 0 Å². The van der Waals surface area contributed by atoms with Gasteiger partial charge < -0.3 is 224 Å². The lowest BCUT2D eigenvalue weighted by atomic mass is 9.95. The summed E-state index contributed by atoms with van der Waals surface area (Å²) in [6, 6.07) is 0. The summed E-state index contributed by atoms with van der Waals surface area (Å²) in [6.45, 7) is -8.75. The van der Waals surface area contributed by atoms with Crippen molar-refractivity contribution in [2.45, 2.75) is 276 Å². The smallest absolute Gasteiger partial charge is 0.187 e. The Morgan fingerprint density at radius 3 is 0.707 bits per heavy atom. The second-order valence-corrected chi connectivity index (χ2v) is 25.5. The minimum Gasteiger partial charge on any atom is -0.394 e. The van der Waals surface area contributed by atoms with E-state index in [1.807, 2.05) is 0 Å². The molecule has 14 bridgehead atoms. The molecule has 0 aromatic carbocycles. The van der Waals surface area contributed by atoms with Gasteiger partial charge in [0.15, 0.2) is 56.6 Å². The first-order valence-electron chi connectivity index (χ1n) is 31.8. The van der Waals surface area contributed by atoms with Gasteiger partial charge in [0, 0.05) is 13.1 Å². The van der Waals surface area contributed by atoms with Crippen molar-refractivity contribution < 1.29 is 218 Å². The quantitative estimate of drug-likeness (QED) is 0.0814. The van der Waals surface area contributed by atoms with Crippen LogP contribution in [-0.4, -0.2) is 474 Å². The molecule has 45 nitrogen and oxygen atoms in total. The van der Waals surface area contributed by atoms with E-state index in [9.17, 15) is 138 Å². The van der Waals surface area contributed by atoms with E-state index in [0.717, 1.165) is 0 Å². The van der Waals surface area contributed by atoms with E-state index in [1.54, 1.807) is 0 Å². The Morgan fingerprint density at radius 1 is 0.202 bits per heavy atom. The third-order valence-electron chi connectivity index (χ3n) is 19.1. The SMILES string of the molecule is OC[C@H]1O[C@@H]2O[C@H]3[C@H](O)[C@@H](O)[C@@H](O[C@H]4[C@H](O)[C@@H](O)[C@@H](O[C@H]5[C@H](O)[C@@H](O)[C@@H](O[C@H]6[C@H](O)[C@@H](O)[C@@H](O[C@H]7[C@H](O)[C@@H](O)[C@@H](O[C@H]8[C@H](O)[C@H](O)[C@@H](O[C@H]1[C@H](O)[C@@H]2O)O[C@@H]8CO)O[C@@H]7CNC[C@H]1O[C@H](OC[C@H]2OC(O)[C@H](O)[C@@H](O)[C@@H]2O)[C@H](O)[C@@H](O)[C@H]1O)O[C@@H]6CO)O[C@@H]5CO)O[C@@H]4CO)O[C@@H]3CO. The summed E-state index contributed by atoms with van der Waals surface area (Å²) in [5, 5.41) is 301. The van der Waals surface area contributed by atoms with Gasteiger partial charge in [-0.15, -0.1) is 0 Å². The molecule has 23 aliphatic heterocycles. The Morgan fingerprint density at radius 2 is 0.434 bits per heavy atom. The average Bonchev–Trinajstić information content (AvgIpc) is 0.792. The number of aliphatic hydroxyl groups excluding tert-OH is 27. The van der Waals surface area contributed by atoms with Crippen LogP contribution in [0.15, 0.2) is 0 Å². The van der Waals surface area contributed by atoms with Crippen LogP contribution >= 0.6 is 0 Å². The number of rotatable bonds is 13. The van der Waals surface area contributed by atoms with E-state index >= 15 is 0 Å². The summed E-state index contributed by atoms with van der Waals surface area (Å²) in [5.41, 5.74) is 0. The Bertz CT molecular complexity index is 2470. The first kappa shape index (κ1) is 79.8. The minimum atomic E-state index is -2.36. The van der Waals surface area contributed by atoms with Crippen LogP contribution in [0.5, 0.6) is 0 Å². The Labute approximate surface area is 558 Å². The van der Waals surface area contributed by atoms with Gasteiger partial charge in [-0.3, -0.25) is 0 Å². The van der Waals surface area contributed by atoms with Crippen molar-refractivity contribution in [2.75, 3.05) is 59.3 Å². The molecular formula is C54H91NO44.